The number of hydrogen-bond donors (Lipinski definition) is 1. The highest BCUT2D eigenvalue weighted by molar-refractivity contribution is 6.02. The molecule has 4 aromatic heterocycles. The van der Waals surface area contributed by atoms with Gasteiger partial charge in [-0.3, -0.25) is 14.3 Å². The molecular weight excluding hydrogens is 419 g/mol. The van der Waals surface area contributed by atoms with Gasteiger partial charge in [0, 0.05) is 35.1 Å². The van der Waals surface area contributed by atoms with Crippen LogP contribution >= 0.6 is 0 Å². The van der Waals surface area contributed by atoms with Crippen LogP contribution in [0.15, 0.2) is 77.9 Å². The number of nitrogens with two attached hydrogens (primary N) is 1. The van der Waals surface area contributed by atoms with E-state index in [1.165, 1.54) is 22.8 Å². The van der Waals surface area contributed by atoms with Crippen molar-refractivity contribution in [2.24, 2.45) is 0 Å². The minimum atomic E-state index is -4.54. The molecule has 0 saturated heterocycles. The minimum absolute atomic E-state index is 0.0873. The van der Waals surface area contributed by atoms with Crippen molar-refractivity contribution in [1.82, 2.24) is 19.5 Å². The fraction of sp³-hybridized carbons (Fsp3) is 0.0435. The summed E-state index contributed by atoms with van der Waals surface area (Å²) in [6.45, 7) is 0. The number of nitrogen functional groups attached to an aromatic ring is 1. The predicted molar refractivity (Wildman–Crippen MR) is 115 cm³/mol. The Labute approximate surface area is 178 Å². The van der Waals surface area contributed by atoms with Crippen molar-refractivity contribution in [3.05, 3.63) is 89.0 Å². The molecule has 1 aromatic carbocycles. The first-order valence-electron chi connectivity index (χ1n) is 9.52. The topological polar surface area (TPSA) is 86.7 Å². The van der Waals surface area contributed by atoms with Crippen LogP contribution in [-0.4, -0.2) is 19.5 Å². The Hall–Kier alpha value is -4.27. The van der Waals surface area contributed by atoms with Gasteiger partial charge in [-0.25, -0.2) is 9.97 Å². The van der Waals surface area contributed by atoms with Gasteiger partial charge < -0.3 is 5.73 Å². The molecule has 0 amide bonds. The van der Waals surface area contributed by atoms with E-state index in [1.807, 2.05) is 0 Å². The molecule has 32 heavy (non-hydrogen) atoms. The zero-order chi connectivity index (χ0) is 22.5. The number of hydrogen-bond acceptors (Lipinski definition) is 5. The van der Waals surface area contributed by atoms with Crippen molar-refractivity contribution in [2.45, 2.75) is 6.18 Å². The van der Waals surface area contributed by atoms with Crippen LogP contribution in [-0.2, 0) is 6.18 Å². The molecule has 0 aliphatic heterocycles. The Morgan fingerprint density at radius 3 is 2.50 bits per heavy atom. The van der Waals surface area contributed by atoms with E-state index < -0.39 is 17.3 Å². The number of benzene rings is 1. The van der Waals surface area contributed by atoms with Crippen molar-refractivity contribution < 1.29 is 13.2 Å². The van der Waals surface area contributed by atoms with Gasteiger partial charge in [0.05, 0.1) is 22.3 Å². The van der Waals surface area contributed by atoms with Gasteiger partial charge in [0.25, 0.3) is 5.56 Å². The summed E-state index contributed by atoms with van der Waals surface area (Å²) < 4.78 is 41.1. The summed E-state index contributed by atoms with van der Waals surface area (Å²) >= 11 is 0. The van der Waals surface area contributed by atoms with Gasteiger partial charge in [0.2, 0.25) is 0 Å². The quantitative estimate of drug-likeness (QED) is 0.411. The summed E-state index contributed by atoms with van der Waals surface area (Å²) in [5.41, 5.74) is 6.91. The smallest absolute Gasteiger partial charge is 0.384 e. The van der Waals surface area contributed by atoms with Gasteiger partial charge in [0.15, 0.2) is 0 Å². The van der Waals surface area contributed by atoms with Crippen molar-refractivity contribution in [2.75, 3.05) is 5.73 Å². The molecule has 5 aromatic rings. The van der Waals surface area contributed by atoms with Crippen molar-refractivity contribution in [1.29, 1.82) is 0 Å². The fourth-order valence-corrected chi connectivity index (χ4v) is 3.57. The number of anilines is 1. The standard InChI is InChI=1S/C23H14F3N5O/c24-23(25,26)15-2-1-3-16(10-15)31-20(32)9-5-14-12-28-18-7-6-17(30-21(18)22(14)31)13-4-8-19(27)29-11-13/h1-12H,(H2,27,29). The lowest BCUT2D eigenvalue weighted by Gasteiger charge is -2.14. The number of halogens is 3. The molecule has 0 unspecified atom stereocenters. The highest BCUT2D eigenvalue weighted by Gasteiger charge is 2.30. The van der Waals surface area contributed by atoms with Gasteiger partial charge in [0.1, 0.15) is 11.3 Å². The molecule has 0 atom stereocenters. The van der Waals surface area contributed by atoms with Crippen molar-refractivity contribution >= 4 is 27.8 Å². The summed E-state index contributed by atoms with van der Waals surface area (Å²) in [6, 6.07) is 14.4. The number of rotatable bonds is 2. The molecule has 0 fully saturated rings. The van der Waals surface area contributed by atoms with Gasteiger partial charge >= 0.3 is 6.18 Å². The average Bonchev–Trinajstić information content (AvgIpc) is 2.78. The highest BCUT2D eigenvalue weighted by Crippen LogP contribution is 2.31. The SMILES string of the molecule is Nc1ccc(-c2ccc3ncc4ccc(=O)n(-c5cccc(C(F)(F)F)c5)c4c3n2)cn1. The van der Waals surface area contributed by atoms with Crippen LogP contribution in [0.1, 0.15) is 5.56 Å². The van der Waals surface area contributed by atoms with E-state index in [1.54, 1.807) is 42.7 Å². The lowest BCUT2D eigenvalue weighted by atomic mass is 10.1. The lowest BCUT2D eigenvalue weighted by Crippen LogP contribution is -2.18. The van der Waals surface area contributed by atoms with Gasteiger partial charge in [-0.05, 0) is 48.5 Å². The maximum Gasteiger partial charge on any atom is 0.416 e. The Balaban J connectivity index is 1.84. The van der Waals surface area contributed by atoms with Crippen LogP contribution < -0.4 is 11.3 Å². The van der Waals surface area contributed by atoms with E-state index in [4.69, 9.17) is 5.73 Å². The summed E-state index contributed by atoms with van der Waals surface area (Å²) in [6.07, 6.45) is -1.41. The summed E-state index contributed by atoms with van der Waals surface area (Å²) in [5, 5.41) is 0.564. The van der Waals surface area contributed by atoms with E-state index in [-0.39, 0.29) is 5.69 Å². The largest absolute Gasteiger partial charge is 0.416 e. The monoisotopic (exact) mass is 433 g/mol. The predicted octanol–water partition coefficient (Wildman–Crippen LogP) is 4.60. The van der Waals surface area contributed by atoms with E-state index in [9.17, 15) is 18.0 Å². The minimum Gasteiger partial charge on any atom is -0.384 e. The van der Waals surface area contributed by atoms with Crippen LogP contribution in [0.2, 0.25) is 0 Å². The molecule has 5 rings (SSSR count). The van der Waals surface area contributed by atoms with Crippen LogP contribution in [0, 0.1) is 0 Å². The molecule has 0 aliphatic carbocycles. The molecule has 158 valence electrons. The van der Waals surface area contributed by atoms with Crippen LogP contribution in [0.3, 0.4) is 0 Å². The lowest BCUT2D eigenvalue weighted by molar-refractivity contribution is -0.137. The van der Waals surface area contributed by atoms with E-state index in [0.717, 1.165) is 12.1 Å². The van der Waals surface area contributed by atoms with E-state index in [2.05, 4.69) is 15.0 Å². The second kappa shape index (κ2) is 7.16. The number of aromatic nitrogens is 4. The first-order valence-corrected chi connectivity index (χ1v) is 9.52. The Bertz CT molecular complexity index is 1540. The Kier molecular flexibility index (Phi) is 4.40. The second-order valence-corrected chi connectivity index (χ2v) is 7.15. The normalized spacial score (nSPS) is 11.8. The molecule has 0 bridgehead atoms. The zero-order valence-electron chi connectivity index (χ0n) is 16.3. The maximum atomic E-state index is 13.3. The Morgan fingerprint density at radius 1 is 0.906 bits per heavy atom. The van der Waals surface area contributed by atoms with Crippen molar-refractivity contribution in [3.63, 3.8) is 0 Å². The molecule has 0 saturated carbocycles. The number of pyridine rings is 4. The molecule has 4 heterocycles. The first kappa shape index (κ1) is 19.7. The Morgan fingerprint density at radius 2 is 1.75 bits per heavy atom. The summed E-state index contributed by atoms with van der Waals surface area (Å²) in [5.74, 6) is 0.361. The molecule has 0 radical (unpaired) electrons. The molecule has 0 spiro atoms. The third-order valence-electron chi connectivity index (χ3n) is 5.08. The van der Waals surface area contributed by atoms with Gasteiger partial charge in [-0.1, -0.05) is 6.07 Å². The van der Waals surface area contributed by atoms with Gasteiger partial charge in [-0.15, -0.1) is 0 Å². The van der Waals surface area contributed by atoms with Crippen LogP contribution in [0.4, 0.5) is 19.0 Å². The fourth-order valence-electron chi connectivity index (χ4n) is 3.57. The van der Waals surface area contributed by atoms with Crippen LogP contribution in [0.5, 0.6) is 0 Å². The zero-order valence-corrected chi connectivity index (χ0v) is 16.3. The summed E-state index contributed by atoms with van der Waals surface area (Å²) in [4.78, 5) is 26.0. The highest BCUT2D eigenvalue weighted by atomic mass is 19.4. The average molecular weight is 433 g/mol. The van der Waals surface area contributed by atoms with Gasteiger partial charge in [-0.2, -0.15) is 13.2 Å². The molecule has 6 nitrogen and oxygen atoms in total. The molecule has 9 heteroatoms. The van der Waals surface area contributed by atoms with E-state index in [0.29, 0.717) is 39.0 Å². The number of nitrogens with zero attached hydrogens (tertiary/aromatic N) is 4. The third kappa shape index (κ3) is 3.33. The molecule has 2 N–H and O–H groups in total. The number of alkyl halides is 3. The molecule has 0 aliphatic rings. The first-order chi connectivity index (χ1) is 15.3. The van der Waals surface area contributed by atoms with E-state index >= 15 is 0 Å². The maximum absolute atomic E-state index is 13.3. The summed E-state index contributed by atoms with van der Waals surface area (Å²) in [7, 11) is 0. The molecular formula is C23H14F3N5O. The van der Waals surface area contributed by atoms with Crippen LogP contribution in [0.25, 0.3) is 38.9 Å². The third-order valence-corrected chi connectivity index (χ3v) is 5.08. The second-order valence-electron chi connectivity index (χ2n) is 7.15. The van der Waals surface area contributed by atoms with Crippen molar-refractivity contribution in [3.8, 4) is 16.9 Å². The number of fused-ring (bicyclic) bond motifs is 3.